The van der Waals surface area contributed by atoms with Crippen molar-refractivity contribution < 1.29 is 15.0 Å². The third-order valence-corrected chi connectivity index (χ3v) is 4.70. The van der Waals surface area contributed by atoms with Crippen LogP contribution in [0, 0.1) is 17.8 Å². The topological polar surface area (TPSA) is 57.5 Å². The van der Waals surface area contributed by atoms with Gasteiger partial charge in [0.25, 0.3) is 0 Å². The summed E-state index contributed by atoms with van der Waals surface area (Å²) in [5.74, 6) is 1.08. The summed E-state index contributed by atoms with van der Waals surface area (Å²) in [5.41, 5.74) is 0. The van der Waals surface area contributed by atoms with E-state index in [4.69, 9.17) is 0 Å². The Labute approximate surface area is 115 Å². The number of ketones is 1. The van der Waals surface area contributed by atoms with Crippen LogP contribution in [0.4, 0.5) is 0 Å². The summed E-state index contributed by atoms with van der Waals surface area (Å²) >= 11 is 0. The highest BCUT2D eigenvalue weighted by molar-refractivity contribution is 5.81. The van der Waals surface area contributed by atoms with Gasteiger partial charge >= 0.3 is 0 Å². The molecule has 0 heterocycles. The molecule has 108 valence electrons. The van der Waals surface area contributed by atoms with Crippen LogP contribution in [0.2, 0.25) is 0 Å². The van der Waals surface area contributed by atoms with Crippen molar-refractivity contribution in [2.75, 3.05) is 0 Å². The molecule has 0 amide bonds. The maximum Gasteiger partial charge on any atom is 0.133 e. The maximum atomic E-state index is 11.5. The molecule has 3 nitrogen and oxygen atoms in total. The molecule has 0 bridgehead atoms. The second-order valence-corrected chi connectivity index (χ2v) is 6.20. The van der Waals surface area contributed by atoms with Crippen LogP contribution >= 0.6 is 0 Å². The van der Waals surface area contributed by atoms with Gasteiger partial charge < -0.3 is 10.2 Å². The SMILES string of the molecule is CCCCC[C@H](O)/C=C/[C@@H]1[C@H]2CC(=O)C[C@H]2C[C@H]1O. The molecule has 0 aromatic heterocycles. The van der Waals surface area contributed by atoms with Crippen molar-refractivity contribution in [1.82, 2.24) is 0 Å². The first-order chi connectivity index (χ1) is 9.11. The summed E-state index contributed by atoms with van der Waals surface area (Å²) in [4.78, 5) is 11.5. The molecule has 0 saturated heterocycles. The number of rotatable bonds is 6. The first kappa shape index (κ1) is 14.7. The third-order valence-electron chi connectivity index (χ3n) is 4.70. The molecule has 2 fully saturated rings. The van der Waals surface area contributed by atoms with Gasteiger partial charge in [0.2, 0.25) is 0 Å². The Morgan fingerprint density at radius 1 is 1.37 bits per heavy atom. The Balaban J connectivity index is 1.85. The number of hydrogen-bond donors (Lipinski definition) is 2. The van der Waals surface area contributed by atoms with E-state index in [1.807, 2.05) is 12.2 Å². The molecule has 2 N–H and O–H groups in total. The monoisotopic (exact) mass is 266 g/mol. The Hall–Kier alpha value is -0.670. The van der Waals surface area contributed by atoms with Gasteiger partial charge in [-0.1, -0.05) is 38.3 Å². The standard InChI is InChI=1S/C16H26O3/c1-2-3-4-5-12(17)6-7-14-15-10-13(18)8-11(15)9-16(14)19/h6-7,11-12,14-17,19H,2-5,8-10H2,1H3/b7-6+/t11-,12-,14+,15-,16+/m0/s1. The van der Waals surface area contributed by atoms with Crippen molar-refractivity contribution in [2.45, 2.75) is 64.1 Å². The minimum absolute atomic E-state index is 0.0669. The summed E-state index contributed by atoms with van der Waals surface area (Å²) in [7, 11) is 0. The largest absolute Gasteiger partial charge is 0.392 e. The highest BCUT2D eigenvalue weighted by atomic mass is 16.3. The molecule has 0 unspecified atom stereocenters. The number of aliphatic hydroxyl groups is 2. The number of carbonyl (C=O) groups excluding carboxylic acids is 1. The van der Waals surface area contributed by atoms with E-state index >= 15 is 0 Å². The van der Waals surface area contributed by atoms with E-state index in [0.29, 0.717) is 30.5 Å². The van der Waals surface area contributed by atoms with Gasteiger partial charge in [0.15, 0.2) is 0 Å². The van der Waals surface area contributed by atoms with E-state index in [0.717, 1.165) is 32.1 Å². The summed E-state index contributed by atoms with van der Waals surface area (Å²) in [6.45, 7) is 2.15. The van der Waals surface area contributed by atoms with Crippen LogP contribution in [-0.4, -0.2) is 28.2 Å². The number of aliphatic hydroxyl groups excluding tert-OH is 2. The molecule has 2 saturated carbocycles. The van der Waals surface area contributed by atoms with Crippen LogP contribution in [-0.2, 0) is 4.79 Å². The highest BCUT2D eigenvalue weighted by Crippen LogP contribution is 2.46. The Morgan fingerprint density at radius 2 is 2.16 bits per heavy atom. The summed E-state index contributed by atoms with van der Waals surface area (Å²) in [5, 5.41) is 19.9. The third kappa shape index (κ3) is 3.67. The number of unbranched alkanes of at least 4 members (excludes halogenated alkanes) is 2. The first-order valence-corrected chi connectivity index (χ1v) is 7.68. The predicted molar refractivity (Wildman–Crippen MR) is 74.6 cm³/mol. The lowest BCUT2D eigenvalue weighted by molar-refractivity contribution is -0.118. The minimum atomic E-state index is -0.407. The molecular formula is C16H26O3. The van der Waals surface area contributed by atoms with E-state index in [-0.39, 0.29) is 12.0 Å². The minimum Gasteiger partial charge on any atom is -0.392 e. The number of fused-ring (bicyclic) bond motifs is 1. The van der Waals surface area contributed by atoms with Gasteiger partial charge in [0.05, 0.1) is 12.2 Å². The maximum absolute atomic E-state index is 11.5. The normalized spacial score (nSPS) is 36.1. The fourth-order valence-electron chi connectivity index (χ4n) is 3.65. The molecule has 0 spiro atoms. The van der Waals surface area contributed by atoms with Gasteiger partial charge in [0.1, 0.15) is 5.78 Å². The molecule has 2 aliphatic rings. The molecule has 0 aliphatic heterocycles. The first-order valence-electron chi connectivity index (χ1n) is 7.68. The average molecular weight is 266 g/mol. The molecule has 5 atom stereocenters. The van der Waals surface area contributed by atoms with Gasteiger partial charge in [-0.25, -0.2) is 0 Å². The van der Waals surface area contributed by atoms with Crippen molar-refractivity contribution in [3.63, 3.8) is 0 Å². The highest BCUT2D eigenvalue weighted by Gasteiger charge is 2.46. The zero-order valence-electron chi connectivity index (χ0n) is 11.8. The van der Waals surface area contributed by atoms with Crippen molar-refractivity contribution in [3.05, 3.63) is 12.2 Å². The molecule has 19 heavy (non-hydrogen) atoms. The molecular weight excluding hydrogens is 240 g/mol. The smallest absolute Gasteiger partial charge is 0.133 e. The van der Waals surface area contributed by atoms with Crippen LogP contribution in [0.1, 0.15) is 51.9 Å². The van der Waals surface area contributed by atoms with E-state index in [9.17, 15) is 15.0 Å². The Kier molecular flexibility index (Phi) is 5.17. The zero-order valence-corrected chi connectivity index (χ0v) is 11.8. The van der Waals surface area contributed by atoms with Crippen molar-refractivity contribution in [3.8, 4) is 0 Å². The molecule has 0 aromatic carbocycles. The number of Topliss-reactive ketones (excluding diaryl/α,β-unsaturated/α-hetero) is 1. The van der Waals surface area contributed by atoms with E-state index in [1.165, 1.54) is 0 Å². The number of carbonyl (C=O) groups is 1. The Bertz CT molecular complexity index is 337. The van der Waals surface area contributed by atoms with Crippen LogP contribution in [0.3, 0.4) is 0 Å². The van der Waals surface area contributed by atoms with Crippen molar-refractivity contribution >= 4 is 5.78 Å². The lowest BCUT2D eigenvalue weighted by atomic mass is 9.90. The lowest BCUT2D eigenvalue weighted by Crippen LogP contribution is -2.18. The zero-order chi connectivity index (χ0) is 13.8. The van der Waals surface area contributed by atoms with Crippen LogP contribution < -0.4 is 0 Å². The van der Waals surface area contributed by atoms with E-state index in [2.05, 4.69) is 6.92 Å². The number of hydrogen-bond acceptors (Lipinski definition) is 3. The van der Waals surface area contributed by atoms with Crippen LogP contribution in [0.15, 0.2) is 12.2 Å². The summed E-state index contributed by atoms with van der Waals surface area (Å²) < 4.78 is 0. The molecule has 2 aliphatic carbocycles. The van der Waals surface area contributed by atoms with Crippen molar-refractivity contribution in [2.24, 2.45) is 17.8 Å². The molecule has 3 heteroatoms. The summed E-state index contributed by atoms with van der Waals surface area (Å²) in [6, 6.07) is 0. The Morgan fingerprint density at radius 3 is 2.89 bits per heavy atom. The van der Waals surface area contributed by atoms with Gasteiger partial charge in [-0.15, -0.1) is 0 Å². The molecule has 0 radical (unpaired) electrons. The molecule has 2 rings (SSSR count). The second kappa shape index (κ2) is 6.67. The average Bonchev–Trinajstić information content (AvgIpc) is 2.82. The second-order valence-electron chi connectivity index (χ2n) is 6.20. The van der Waals surface area contributed by atoms with Gasteiger partial charge in [0, 0.05) is 18.8 Å². The van der Waals surface area contributed by atoms with E-state index < -0.39 is 6.10 Å². The summed E-state index contributed by atoms with van der Waals surface area (Å²) in [6.07, 6.45) is 9.20. The fraction of sp³-hybridized carbons (Fsp3) is 0.812. The van der Waals surface area contributed by atoms with E-state index in [1.54, 1.807) is 0 Å². The predicted octanol–water partition coefficient (Wildman–Crippen LogP) is 2.46. The van der Waals surface area contributed by atoms with Crippen molar-refractivity contribution in [1.29, 1.82) is 0 Å². The van der Waals surface area contributed by atoms with Crippen LogP contribution in [0.25, 0.3) is 0 Å². The molecule has 0 aromatic rings. The lowest BCUT2D eigenvalue weighted by Gasteiger charge is -2.17. The van der Waals surface area contributed by atoms with Gasteiger partial charge in [-0.2, -0.15) is 0 Å². The quantitative estimate of drug-likeness (QED) is 0.573. The van der Waals surface area contributed by atoms with Gasteiger partial charge in [-0.3, -0.25) is 4.79 Å². The van der Waals surface area contributed by atoms with Gasteiger partial charge in [-0.05, 0) is 24.7 Å². The fourth-order valence-corrected chi connectivity index (χ4v) is 3.65. The van der Waals surface area contributed by atoms with Crippen LogP contribution in [0.5, 0.6) is 0 Å².